The van der Waals surface area contributed by atoms with Gasteiger partial charge in [-0.25, -0.2) is 0 Å². The lowest BCUT2D eigenvalue weighted by atomic mass is 10.3. The van der Waals surface area contributed by atoms with E-state index in [4.69, 9.17) is 0 Å². The molecule has 0 fully saturated rings. The van der Waals surface area contributed by atoms with Gasteiger partial charge >= 0.3 is 0 Å². The van der Waals surface area contributed by atoms with E-state index in [0.29, 0.717) is 5.84 Å². The average Bonchev–Trinajstić information content (AvgIpc) is 2.44. The normalized spacial score (nSPS) is 18.5. The number of aliphatic imine (C=N–C) groups is 1. The number of amidine groups is 1. The minimum absolute atomic E-state index is 0. The third kappa shape index (κ3) is 1.48. The highest BCUT2D eigenvalue weighted by atomic mass is 35.5. The van der Waals surface area contributed by atoms with Crippen molar-refractivity contribution in [3.05, 3.63) is 24.3 Å². The number of carbonyl (C=O) groups excluding carboxylic acids is 1. The Hall–Kier alpha value is -1.19. The van der Waals surface area contributed by atoms with Crippen LogP contribution in [0.2, 0.25) is 0 Å². The number of fused-ring (bicyclic) bond motifs is 1. The quantitative estimate of drug-likeness (QED) is 0.480. The van der Waals surface area contributed by atoms with Crippen LogP contribution in [0.5, 0.6) is 0 Å². The lowest BCUT2D eigenvalue weighted by Crippen LogP contribution is -3.06. The van der Waals surface area contributed by atoms with E-state index in [9.17, 15) is 4.79 Å². The number of hydrogen-bond donors (Lipinski definition) is 1. The van der Waals surface area contributed by atoms with Crippen molar-refractivity contribution >= 4 is 23.5 Å². The molecule has 2 rings (SSSR count). The molecule has 13 heavy (non-hydrogen) atoms. The molecular formula is C9H9ClN2O. The predicted molar refractivity (Wildman–Crippen MR) is 46.1 cm³/mol. The van der Waals surface area contributed by atoms with Crippen LogP contribution in [-0.4, -0.2) is 19.2 Å². The zero-order valence-electron chi connectivity index (χ0n) is 7.12. The van der Waals surface area contributed by atoms with E-state index in [1.807, 2.05) is 31.3 Å². The number of para-hydroxylation sites is 2. The van der Waals surface area contributed by atoms with Crippen molar-refractivity contribution < 1.29 is 22.1 Å². The Morgan fingerprint density at radius 3 is 2.69 bits per heavy atom. The molecule has 1 aromatic rings. The van der Waals surface area contributed by atoms with Crippen molar-refractivity contribution in [2.75, 3.05) is 7.05 Å². The molecule has 1 aromatic carbocycles. The van der Waals surface area contributed by atoms with Gasteiger partial charge in [0.05, 0.1) is 7.05 Å². The summed E-state index contributed by atoms with van der Waals surface area (Å²) in [6.07, 6.45) is 0.801. The Bertz CT molecular complexity index is 362. The van der Waals surface area contributed by atoms with Gasteiger partial charge in [-0.15, -0.1) is 0 Å². The van der Waals surface area contributed by atoms with Gasteiger partial charge in [-0.3, -0.25) is 9.69 Å². The summed E-state index contributed by atoms with van der Waals surface area (Å²) in [6.45, 7) is 0. The fraction of sp³-hybridized carbons (Fsp3) is 0.111. The molecule has 0 radical (unpaired) electrons. The molecule has 0 spiro atoms. The Kier molecular flexibility index (Phi) is 2.80. The maximum atomic E-state index is 10.5. The predicted octanol–water partition coefficient (Wildman–Crippen LogP) is -2.92. The lowest BCUT2D eigenvalue weighted by molar-refractivity contribution is -0.699. The van der Waals surface area contributed by atoms with Crippen molar-refractivity contribution in [2.24, 2.45) is 4.99 Å². The molecule has 1 aliphatic heterocycles. The van der Waals surface area contributed by atoms with Crippen molar-refractivity contribution in [3.8, 4) is 0 Å². The van der Waals surface area contributed by atoms with Crippen molar-refractivity contribution in [2.45, 2.75) is 0 Å². The maximum Gasteiger partial charge on any atom is 0.272 e. The molecule has 0 aromatic heterocycles. The van der Waals surface area contributed by atoms with Gasteiger partial charge in [0.25, 0.3) is 5.84 Å². The van der Waals surface area contributed by atoms with Crippen molar-refractivity contribution in [1.29, 1.82) is 0 Å². The minimum Gasteiger partial charge on any atom is -1.00 e. The van der Waals surface area contributed by atoms with Gasteiger partial charge in [0, 0.05) is 6.07 Å². The summed E-state index contributed by atoms with van der Waals surface area (Å²) in [5.74, 6) is 0.552. The zero-order valence-corrected chi connectivity index (χ0v) is 7.88. The topological polar surface area (TPSA) is 33.9 Å². The average molecular weight is 197 g/mol. The molecule has 0 bridgehead atoms. The van der Waals surface area contributed by atoms with Crippen LogP contribution in [0.25, 0.3) is 0 Å². The van der Waals surface area contributed by atoms with Crippen LogP contribution < -0.4 is 17.3 Å². The SMILES string of the molecule is C[NH+]1C(C=O)=Nc2ccccc21.[Cl-]. The van der Waals surface area contributed by atoms with Crippen LogP contribution in [0.15, 0.2) is 29.3 Å². The van der Waals surface area contributed by atoms with Crippen LogP contribution in [-0.2, 0) is 4.79 Å². The van der Waals surface area contributed by atoms with E-state index >= 15 is 0 Å². The second-order valence-electron chi connectivity index (χ2n) is 2.76. The molecule has 3 nitrogen and oxygen atoms in total. The minimum atomic E-state index is 0. The number of benzene rings is 1. The van der Waals surface area contributed by atoms with E-state index in [1.165, 1.54) is 0 Å². The van der Waals surface area contributed by atoms with Gasteiger partial charge in [-0.05, 0) is 6.07 Å². The molecule has 1 aliphatic rings. The zero-order chi connectivity index (χ0) is 8.55. The summed E-state index contributed by atoms with van der Waals surface area (Å²) in [4.78, 5) is 15.7. The van der Waals surface area contributed by atoms with E-state index < -0.39 is 0 Å². The van der Waals surface area contributed by atoms with Crippen molar-refractivity contribution in [1.82, 2.24) is 0 Å². The summed E-state index contributed by atoms with van der Waals surface area (Å²) in [7, 11) is 1.92. The Morgan fingerprint density at radius 1 is 1.38 bits per heavy atom. The number of halogens is 1. The molecule has 0 saturated carbocycles. The van der Waals surface area contributed by atoms with Crippen LogP contribution in [0.1, 0.15) is 0 Å². The molecule has 1 N–H and O–H groups in total. The van der Waals surface area contributed by atoms with Crippen LogP contribution in [0.3, 0.4) is 0 Å². The van der Waals surface area contributed by atoms with Gasteiger partial charge in [0.1, 0.15) is 5.69 Å². The second-order valence-corrected chi connectivity index (χ2v) is 2.76. The molecule has 1 atom stereocenters. The number of hydrogen-bond acceptors (Lipinski definition) is 2. The number of nitrogens with zero attached hydrogens (tertiary/aromatic N) is 1. The third-order valence-corrected chi connectivity index (χ3v) is 2.04. The molecule has 1 unspecified atom stereocenters. The van der Waals surface area contributed by atoms with Gasteiger partial charge in [0.15, 0.2) is 5.69 Å². The summed E-state index contributed by atoms with van der Waals surface area (Å²) < 4.78 is 0. The largest absolute Gasteiger partial charge is 1.00 e. The fourth-order valence-corrected chi connectivity index (χ4v) is 1.35. The molecule has 0 saturated heterocycles. The van der Waals surface area contributed by atoms with Crippen LogP contribution in [0.4, 0.5) is 11.4 Å². The first-order valence-corrected chi connectivity index (χ1v) is 3.80. The first-order valence-electron chi connectivity index (χ1n) is 3.80. The van der Waals surface area contributed by atoms with E-state index in [0.717, 1.165) is 22.6 Å². The monoisotopic (exact) mass is 196 g/mol. The first-order chi connectivity index (χ1) is 5.83. The smallest absolute Gasteiger partial charge is 0.272 e. The summed E-state index contributed by atoms with van der Waals surface area (Å²) in [5, 5.41) is 0. The highest BCUT2D eigenvalue weighted by Crippen LogP contribution is 2.23. The number of carbonyl (C=O) groups is 1. The highest BCUT2D eigenvalue weighted by Gasteiger charge is 2.24. The summed E-state index contributed by atoms with van der Waals surface area (Å²) in [5.41, 5.74) is 1.97. The van der Waals surface area contributed by atoms with Gasteiger partial charge in [-0.1, -0.05) is 12.1 Å². The first kappa shape index (κ1) is 9.89. The Balaban J connectivity index is 0.000000845. The van der Waals surface area contributed by atoms with E-state index in [2.05, 4.69) is 4.99 Å². The standard InChI is InChI=1S/C9H8N2O.ClH/c1-11-8-5-3-2-4-7(8)10-9(11)6-12;/h2-6H,1H3;1H. The highest BCUT2D eigenvalue weighted by molar-refractivity contribution is 6.24. The number of quaternary nitrogens is 1. The molecular weight excluding hydrogens is 188 g/mol. The fourth-order valence-electron chi connectivity index (χ4n) is 1.35. The van der Waals surface area contributed by atoms with Gasteiger partial charge in [0.2, 0.25) is 6.29 Å². The molecule has 0 aliphatic carbocycles. The molecule has 68 valence electrons. The maximum absolute atomic E-state index is 10.5. The lowest BCUT2D eigenvalue weighted by Gasteiger charge is -2.03. The molecule has 1 heterocycles. The number of rotatable bonds is 1. The summed E-state index contributed by atoms with van der Waals surface area (Å²) >= 11 is 0. The van der Waals surface area contributed by atoms with Gasteiger partial charge < -0.3 is 12.4 Å². The van der Waals surface area contributed by atoms with E-state index in [-0.39, 0.29) is 12.4 Å². The molecule has 0 amide bonds. The van der Waals surface area contributed by atoms with Crippen LogP contribution >= 0.6 is 0 Å². The van der Waals surface area contributed by atoms with Crippen molar-refractivity contribution in [3.63, 3.8) is 0 Å². The number of likely N-dealkylation sites (N-methyl/N-ethyl adjacent to an activating group) is 1. The number of aldehydes is 1. The Labute approximate surface area is 82.5 Å². The van der Waals surface area contributed by atoms with Crippen LogP contribution in [0, 0.1) is 0 Å². The molecule has 4 heteroatoms. The summed E-state index contributed by atoms with van der Waals surface area (Å²) in [6, 6.07) is 7.76. The number of nitrogens with one attached hydrogen (secondary N) is 1. The van der Waals surface area contributed by atoms with E-state index in [1.54, 1.807) is 0 Å². The van der Waals surface area contributed by atoms with Gasteiger partial charge in [-0.2, -0.15) is 4.99 Å². The Morgan fingerprint density at radius 2 is 2.08 bits per heavy atom. The second kappa shape index (κ2) is 3.68. The third-order valence-electron chi connectivity index (χ3n) is 2.04.